The first-order valence-electron chi connectivity index (χ1n) is 7.67. The summed E-state index contributed by atoms with van der Waals surface area (Å²) < 4.78 is 0. The maximum Gasteiger partial charge on any atom is 0.0784 e. The SMILES string of the molecule is CCN(CC)C1CCN(CCCC(C)(C)C(N)=S)C1. The lowest BCUT2D eigenvalue weighted by Gasteiger charge is -2.27. The van der Waals surface area contributed by atoms with Crippen LogP contribution >= 0.6 is 12.2 Å². The lowest BCUT2D eigenvalue weighted by atomic mass is 9.88. The molecule has 0 aliphatic carbocycles. The van der Waals surface area contributed by atoms with Gasteiger partial charge in [0.1, 0.15) is 0 Å². The normalized spacial score (nSPS) is 21.2. The van der Waals surface area contributed by atoms with Crippen LogP contribution in [0.4, 0.5) is 0 Å². The monoisotopic (exact) mass is 285 g/mol. The molecule has 0 bridgehead atoms. The summed E-state index contributed by atoms with van der Waals surface area (Å²) in [7, 11) is 0. The molecule has 1 atom stereocenters. The number of likely N-dealkylation sites (tertiary alicyclic amines) is 1. The van der Waals surface area contributed by atoms with Gasteiger partial charge in [0.15, 0.2) is 0 Å². The molecule has 3 nitrogen and oxygen atoms in total. The fourth-order valence-corrected chi connectivity index (χ4v) is 3.02. The van der Waals surface area contributed by atoms with E-state index in [0.29, 0.717) is 4.99 Å². The fourth-order valence-electron chi connectivity index (χ4n) is 2.92. The molecule has 0 radical (unpaired) electrons. The summed E-state index contributed by atoms with van der Waals surface area (Å²) in [5.41, 5.74) is 5.78. The fraction of sp³-hybridized carbons (Fsp3) is 0.933. The van der Waals surface area contributed by atoms with E-state index < -0.39 is 0 Å². The highest BCUT2D eigenvalue weighted by molar-refractivity contribution is 7.80. The summed E-state index contributed by atoms with van der Waals surface area (Å²) in [4.78, 5) is 5.83. The van der Waals surface area contributed by atoms with Crippen LogP contribution in [0.25, 0.3) is 0 Å². The molecule has 1 heterocycles. The van der Waals surface area contributed by atoms with Crippen LogP contribution in [-0.2, 0) is 0 Å². The lowest BCUT2D eigenvalue weighted by molar-refractivity contribution is 0.208. The van der Waals surface area contributed by atoms with Crippen LogP contribution in [0.2, 0.25) is 0 Å². The first kappa shape index (κ1) is 16.9. The van der Waals surface area contributed by atoms with Crippen LogP contribution < -0.4 is 5.73 Å². The minimum atomic E-state index is 0.00727. The summed E-state index contributed by atoms with van der Waals surface area (Å²) in [6.45, 7) is 14.8. The second-order valence-corrected chi connectivity index (χ2v) is 6.76. The lowest BCUT2D eigenvalue weighted by Crippen LogP contribution is -2.37. The molecule has 1 rings (SSSR count). The van der Waals surface area contributed by atoms with Crippen LogP contribution in [0.15, 0.2) is 0 Å². The minimum Gasteiger partial charge on any atom is -0.393 e. The Labute approximate surface area is 124 Å². The molecule has 0 aromatic rings. The van der Waals surface area contributed by atoms with E-state index in [2.05, 4.69) is 37.5 Å². The molecule has 0 saturated carbocycles. The molecule has 1 saturated heterocycles. The molecule has 19 heavy (non-hydrogen) atoms. The van der Waals surface area contributed by atoms with Crippen LogP contribution in [0, 0.1) is 5.41 Å². The Balaban J connectivity index is 2.28. The third-order valence-electron chi connectivity index (χ3n) is 4.52. The number of nitrogens with two attached hydrogens (primary N) is 1. The number of nitrogens with zero attached hydrogens (tertiary/aromatic N) is 2. The van der Waals surface area contributed by atoms with Crippen LogP contribution in [0.1, 0.15) is 47.0 Å². The van der Waals surface area contributed by atoms with Gasteiger partial charge in [-0.2, -0.15) is 0 Å². The van der Waals surface area contributed by atoms with E-state index in [4.69, 9.17) is 18.0 Å². The zero-order valence-electron chi connectivity index (χ0n) is 13.1. The van der Waals surface area contributed by atoms with E-state index in [-0.39, 0.29) is 5.41 Å². The van der Waals surface area contributed by atoms with Gasteiger partial charge in [-0.05, 0) is 45.4 Å². The van der Waals surface area contributed by atoms with Gasteiger partial charge >= 0.3 is 0 Å². The third kappa shape index (κ3) is 5.01. The van der Waals surface area contributed by atoms with Gasteiger partial charge in [0.05, 0.1) is 4.99 Å². The smallest absolute Gasteiger partial charge is 0.0784 e. The molecule has 0 amide bonds. The number of likely N-dealkylation sites (N-methyl/N-ethyl adjacent to an activating group) is 1. The largest absolute Gasteiger partial charge is 0.393 e. The molecule has 1 aliphatic heterocycles. The van der Waals surface area contributed by atoms with Gasteiger partial charge in [-0.15, -0.1) is 0 Å². The van der Waals surface area contributed by atoms with E-state index in [1.807, 2.05) is 0 Å². The van der Waals surface area contributed by atoms with Crippen molar-refractivity contribution in [1.29, 1.82) is 0 Å². The molecule has 4 heteroatoms. The van der Waals surface area contributed by atoms with Crippen molar-refractivity contribution in [2.75, 3.05) is 32.7 Å². The highest BCUT2D eigenvalue weighted by Crippen LogP contribution is 2.23. The van der Waals surface area contributed by atoms with Crippen molar-refractivity contribution < 1.29 is 0 Å². The molecule has 1 unspecified atom stereocenters. The number of rotatable bonds is 8. The van der Waals surface area contributed by atoms with Crippen molar-refractivity contribution in [2.24, 2.45) is 11.1 Å². The Morgan fingerprint density at radius 2 is 2.00 bits per heavy atom. The summed E-state index contributed by atoms with van der Waals surface area (Å²) in [5.74, 6) is 0. The van der Waals surface area contributed by atoms with Gasteiger partial charge in [-0.1, -0.05) is 39.9 Å². The van der Waals surface area contributed by atoms with Gasteiger partial charge in [-0.3, -0.25) is 4.90 Å². The standard InChI is InChI=1S/C15H31N3S/c1-5-18(6-2)13-8-11-17(12-13)10-7-9-15(3,4)14(16)19/h13H,5-12H2,1-4H3,(H2,16,19). The van der Waals surface area contributed by atoms with Gasteiger partial charge in [0.25, 0.3) is 0 Å². The molecular formula is C15H31N3S. The van der Waals surface area contributed by atoms with Crippen molar-refractivity contribution in [3.8, 4) is 0 Å². The molecule has 0 aromatic carbocycles. The highest BCUT2D eigenvalue weighted by Gasteiger charge is 2.26. The molecule has 1 aliphatic rings. The van der Waals surface area contributed by atoms with Crippen LogP contribution in [0.3, 0.4) is 0 Å². The minimum absolute atomic E-state index is 0.00727. The third-order valence-corrected chi connectivity index (χ3v) is 5.07. The number of hydrogen-bond donors (Lipinski definition) is 1. The Morgan fingerprint density at radius 3 is 2.53 bits per heavy atom. The molecule has 0 aromatic heterocycles. The summed E-state index contributed by atoms with van der Waals surface area (Å²) >= 11 is 5.12. The molecule has 112 valence electrons. The van der Waals surface area contributed by atoms with Crippen molar-refractivity contribution in [3.63, 3.8) is 0 Å². The van der Waals surface area contributed by atoms with Gasteiger partial charge in [-0.25, -0.2) is 0 Å². The molecule has 0 spiro atoms. The van der Waals surface area contributed by atoms with E-state index in [1.165, 1.54) is 45.6 Å². The maximum atomic E-state index is 5.77. The van der Waals surface area contributed by atoms with Gasteiger partial charge in [0.2, 0.25) is 0 Å². The van der Waals surface area contributed by atoms with E-state index in [9.17, 15) is 0 Å². The van der Waals surface area contributed by atoms with Crippen molar-refractivity contribution in [1.82, 2.24) is 9.80 Å². The predicted molar refractivity (Wildman–Crippen MR) is 87.6 cm³/mol. The Morgan fingerprint density at radius 1 is 1.37 bits per heavy atom. The quantitative estimate of drug-likeness (QED) is 0.695. The zero-order chi connectivity index (χ0) is 14.5. The van der Waals surface area contributed by atoms with Crippen LogP contribution in [-0.4, -0.2) is 53.6 Å². The van der Waals surface area contributed by atoms with E-state index in [0.717, 1.165) is 12.5 Å². The highest BCUT2D eigenvalue weighted by atomic mass is 32.1. The van der Waals surface area contributed by atoms with Crippen molar-refractivity contribution >= 4 is 17.2 Å². The van der Waals surface area contributed by atoms with Crippen molar-refractivity contribution in [3.05, 3.63) is 0 Å². The first-order valence-corrected chi connectivity index (χ1v) is 8.07. The van der Waals surface area contributed by atoms with E-state index >= 15 is 0 Å². The summed E-state index contributed by atoms with van der Waals surface area (Å²) in [5, 5.41) is 0. The summed E-state index contributed by atoms with van der Waals surface area (Å²) in [6.07, 6.45) is 3.60. The maximum absolute atomic E-state index is 5.77. The number of hydrogen-bond acceptors (Lipinski definition) is 3. The second kappa shape index (κ2) is 7.55. The van der Waals surface area contributed by atoms with Gasteiger partial charge < -0.3 is 10.6 Å². The molecular weight excluding hydrogens is 254 g/mol. The predicted octanol–water partition coefficient (Wildman–Crippen LogP) is 2.50. The Bertz CT molecular complexity index is 287. The van der Waals surface area contributed by atoms with Crippen LogP contribution in [0.5, 0.6) is 0 Å². The van der Waals surface area contributed by atoms with Gasteiger partial charge in [0, 0.05) is 18.0 Å². The average Bonchev–Trinajstić information content (AvgIpc) is 2.79. The molecule has 1 fully saturated rings. The topological polar surface area (TPSA) is 32.5 Å². The first-order chi connectivity index (χ1) is 8.90. The molecule has 2 N–H and O–H groups in total. The average molecular weight is 286 g/mol. The zero-order valence-corrected chi connectivity index (χ0v) is 13.9. The summed E-state index contributed by atoms with van der Waals surface area (Å²) in [6, 6.07) is 0.763. The van der Waals surface area contributed by atoms with E-state index in [1.54, 1.807) is 0 Å². The Kier molecular flexibility index (Phi) is 6.71. The second-order valence-electron chi connectivity index (χ2n) is 6.32. The van der Waals surface area contributed by atoms with Crippen molar-refractivity contribution in [2.45, 2.75) is 53.0 Å². The number of thiocarbonyl (C=S) groups is 1. The Hall–Kier alpha value is -0.190.